The van der Waals surface area contributed by atoms with Gasteiger partial charge in [-0.1, -0.05) is 0 Å². The summed E-state index contributed by atoms with van der Waals surface area (Å²) in [4.78, 5) is 22.2. The first kappa shape index (κ1) is 17.3. The SMILES string of the molecule is CCOC(=O)N1CCC(Nc2nccc(NC(C)(C)C)n2)CC1. The zero-order valence-corrected chi connectivity index (χ0v) is 14.4. The van der Waals surface area contributed by atoms with Gasteiger partial charge in [-0.2, -0.15) is 4.98 Å². The van der Waals surface area contributed by atoms with Crippen molar-refractivity contribution in [3.63, 3.8) is 0 Å². The summed E-state index contributed by atoms with van der Waals surface area (Å²) in [5.41, 5.74) is -0.0450. The van der Waals surface area contributed by atoms with Gasteiger partial charge in [0.25, 0.3) is 0 Å². The van der Waals surface area contributed by atoms with Crippen molar-refractivity contribution in [3.8, 4) is 0 Å². The standard InChI is InChI=1S/C16H27N5O2/c1-5-23-15(22)21-10-7-12(8-11-21)18-14-17-9-6-13(19-14)20-16(2,3)4/h6,9,12H,5,7-8,10-11H2,1-4H3,(H2,17,18,19,20). The molecule has 0 spiro atoms. The van der Waals surface area contributed by atoms with Crippen LogP contribution in [0, 0.1) is 0 Å². The molecular formula is C16H27N5O2. The molecule has 1 aliphatic rings. The molecule has 0 aromatic carbocycles. The number of ether oxygens (including phenoxy) is 1. The summed E-state index contributed by atoms with van der Waals surface area (Å²) in [6.45, 7) is 9.89. The van der Waals surface area contributed by atoms with Crippen molar-refractivity contribution in [2.24, 2.45) is 0 Å². The van der Waals surface area contributed by atoms with E-state index in [9.17, 15) is 4.79 Å². The summed E-state index contributed by atoms with van der Waals surface area (Å²) >= 11 is 0. The predicted molar refractivity (Wildman–Crippen MR) is 90.6 cm³/mol. The first-order valence-electron chi connectivity index (χ1n) is 8.17. The molecule has 2 N–H and O–H groups in total. The van der Waals surface area contributed by atoms with Gasteiger partial charge in [0.15, 0.2) is 0 Å². The lowest BCUT2D eigenvalue weighted by Gasteiger charge is -2.31. The minimum absolute atomic E-state index is 0.0450. The topological polar surface area (TPSA) is 79.4 Å². The number of hydrogen-bond acceptors (Lipinski definition) is 6. The monoisotopic (exact) mass is 321 g/mol. The second-order valence-corrected chi connectivity index (χ2v) is 6.75. The second-order valence-electron chi connectivity index (χ2n) is 6.75. The number of piperidine rings is 1. The summed E-state index contributed by atoms with van der Waals surface area (Å²) in [6, 6.07) is 2.13. The van der Waals surface area contributed by atoms with E-state index >= 15 is 0 Å². The number of hydrogen-bond donors (Lipinski definition) is 2. The third-order valence-electron chi connectivity index (χ3n) is 3.51. The maximum absolute atomic E-state index is 11.7. The number of aromatic nitrogens is 2. The van der Waals surface area contributed by atoms with Crippen molar-refractivity contribution in [1.29, 1.82) is 0 Å². The van der Waals surface area contributed by atoms with Crippen molar-refractivity contribution in [2.45, 2.75) is 52.1 Å². The lowest BCUT2D eigenvalue weighted by atomic mass is 10.1. The van der Waals surface area contributed by atoms with Gasteiger partial charge in [0.1, 0.15) is 5.82 Å². The molecule has 23 heavy (non-hydrogen) atoms. The number of likely N-dealkylation sites (tertiary alicyclic amines) is 1. The molecule has 128 valence electrons. The van der Waals surface area contributed by atoms with Gasteiger partial charge in [0.2, 0.25) is 5.95 Å². The predicted octanol–water partition coefficient (Wildman–Crippen LogP) is 2.72. The highest BCUT2D eigenvalue weighted by Gasteiger charge is 2.24. The molecule has 1 aromatic heterocycles. The van der Waals surface area contributed by atoms with Crippen LogP contribution in [0.5, 0.6) is 0 Å². The van der Waals surface area contributed by atoms with Crippen LogP contribution in [0.1, 0.15) is 40.5 Å². The Morgan fingerprint density at radius 3 is 2.70 bits per heavy atom. The Balaban J connectivity index is 1.87. The molecule has 1 fully saturated rings. The average molecular weight is 321 g/mol. The third kappa shape index (κ3) is 5.58. The Bertz CT molecular complexity index is 521. The number of carbonyl (C=O) groups is 1. The van der Waals surface area contributed by atoms with Crippen LogP contribution in [0.15, 0.2) is 12.3 Å². The van der Waals surface area contributed by atoms with Crippen molar-refractivity contribution in [1.82, 2.24) is 14.9 Å². The molecule has 0 bridgehead atoms. The number of amides is 1. The van der Waals surface area contributed by atoms with Gasteiger partial charge >= 0.3 is 6.09 Å². The van der Waals surface area contributed by atoms with Crippen LogP contribution in [0.4, 0.5) is 16.6 Å². The van der Waals surface area contributed by atoms with Crippen molar-refractivity contribution in [3.05, 3.63) is 12.3 Å². The van der Waals surface area contributed by atoms with E-state index in [1.807, 2.05) is 13.0 Å². The van der Waals surface area contributed by atoms with Crippen LogP contribution < -0.4 is 10.6 Å². The normalized spacial score (nSPS) is 16.1. The van der Waals surface area contributed by atoms with Crippen LogP contribution in [0.25, 0.3) is 0 Å². The summed E-state index contributed by atoms with van der Waals surface area (Å²) in [5.74, 6) is 1.42. The number of nitrogens with zero attached hydrogens (tertiary/aromatic N) is 3. The first-order chi connectivity index (χ1) is 10.9. The Morgan fingerprint density at radius 2 is 2.09 bits per heavy atom. The molecule has 0 saturated carbocycles. The fourth-order valence-corrected chi connectivity index (χ4v) is 2.49. The molecule has 7 nitrogen and oxygen atoms in total. The molecule has 1 saturated heterocycles. The van der Waals surface area contributed by atoms with Crippen LogP contribution in [0.3, 0.4) is 0 Å². The summed E-state index contributed by atoms with van der Waals surface area (Å²) in [7, 11) is 0. The van der Waals surface area contributed by atoms with Gasteiger partial charge < -0.3 is 20.3 Å². The first-order valence-corrected chi connectivity index (χ1v) is 8.17. The van der Waals surface area contributed by atoms with Gasteiger partial charge in [-0.15, -0.1) is 0 Å². The molecule has 2 rings (SSSR count). The number of carbonyl (C=O) groups excluding carboxylic acids is 1. The highest BCUT2D eigenvalue weighted by Crippen LogP contribution is 2.17. The van der Waals surface area contributed by atoms with Gasteiger partial charge in [-0.25, -0.2) is 9.78 Å². The van der Waals surface area contributed by atoms with Crippen LogP contribution in [-0.2, 0) is 4.74 Å². The summed E-state index contributed by atoms with van der Waals surface area (Å²) in [5, 5.41) is 6.69. The van der Waals surface area contributed by atoms with Gasteiger partial charge in [0, 0.05) is 30.9 Å². The Labute approximate surface area is 137 Å². The van der Waals surface area contributed by atoms with Crippen molar-refractivity contribution in [2.75, 3.05) is 30.3 Å². The zero-order valence-electron chi connectivity index (χ0n) is 14.4. The lowest BCUT2D eigenvalue weighted by Crippen LogP contribution is -2.42. The molecule has 1 aromatic rings. The van der Waals surface area contributed by atoms with E-state index in [-0.39, 0.29) is 17.7 Å². The van der Waals surface area contributed by atoms with Gasteiger partial charge in [0.05, 0.1) is 6.61 Å². The van der Waals surface area contributed by atoms with E-state index in [0.29, 0.717) is 25.6 Å². The Morgan fingerprint density at radius 1 is 1.39 bits per heavy atom. The highest BCUT2D eigenvalue weighted by molar-refractivity contribution is 5.67. The second kappa shape index (κ2) is 7.48. The maximum Gasteiger partial charge on any atom is 0.409 e. The number of nitrogens with one attached hydrogen (secondary N) is 2. The minimum atomic E-state index is -0.224. The molecule has 0 unspecified atom stereocenters. The number of anilines is 2. The van der Waals surface area contributed by atoms with E-state index < -0.39 is 0 Å². The molecule has 7 heteroatoms. The van der Waals surface area contributed by atoms with E-state index in [0.717, 1.165) is 18.7 Å². The van der Waals surface area contributed by atoms with Crippen LogP contribution >= 0.6 is 0 Å². The smallest absolute Gasteiger partial charge is 0.409 e. The third-order valence-corrected chi connectivity index (χ3v) is 3.51. The van der Waals surface area contributed by atoms with E-state index in [1.54, 1.807) is 11.1 Å². The molecular weight excluding hydrogens is 294 g/mol. The van der Waals surface area contributed by atoms with Gasteiger partial charge in [-0.3, -0.25) is 0 Å². The maximum atomic E-state index is 11.7. The Hall–Kier alpha value is -2.05. The largest absolute Gasteiger partial charge is 0.450 e. The average Bonchev–Trinajstić information content (AvgIpc) is 2.47. The summed E-state index contributed by atoms with van der Waals surface area (Å²) in [6.07, 6.45) is 3.24. The minimum Gasteiger partial charge on any atom is -0.450 e. The van der Waals surface area contributed by atoms with Gasteiger partial charge in [-0.05, 0) is 46.6 Å². The van der Waals surface area contributed by atoms with Crippen molar-refractivity contribution < 1.29 is 9.53 Å². The van der Waals surface area contributed by atoms with E-state index in [1.165, 1.54) is 0 Å². The molecule has 1 aliphatic heterocycles. The highest BCUT2D eigenvalue weighted by atomic mass is 16.6. The lowest BCUT2D eigenvalue weighted by molar-refractivity contribution is 0.0983. The Kier molecular flexibility index (Phi) is 5.63. The molecule has 0 aliphatic carbocycles. The molecule has 1 amide bonds. The molecule has 2 heterocycles. The number of rotatable bonds is 4. The van der Waals surface area contributed by atoms with E-state index in [2.05, 4.69) is 41.4 Å². The molecule has 0 radical (unpaired) electrons. The summed E-state index contributed by atoms with van der Waals surface area (Å²) < 4.78 is 5.03. The van der Waals surface area contributed by atoms with Crippen LogP contribution in [-0.4, -0.2) is 52.2 Å². The van der Waals surface area contributed by atoms with Crippen LogP contribution in [0.2, 0.25) is 0 Å². The zero-order chi connectivity index (χ0) is 16.9. The quantitative estimate of drug-likeness (QED) is 0.887. The fourth-order valence-electron chi connectivity index (χ4n) is 2.49. The van der Waals surface area contributed by atoms with E-state index in [4.69, 9.17) is 4.74 Å². The fraction of sp³-hybridized carbons (Fsp3) is 0.688. The molecule has 0 atom stereocenters. The van der Waals surface area contributed by atoms with Crippen molar-refractivity contribution >= 4 is 17.9 Å².